The molecule has 0 aromatic heterocycles. The Morgan fingerprint density at radius 2 is 1.50 bits per heavy atom. The molecule has 0 aliphatic carbocycles. The summed E-state index contributed by atoms with van der Waals surface area (Å²) < 4.78 is 9.78. The molecule has 4 nitrogen and oxygen atoms in total. The fourth-order valence-electron chi connectivity index (χ4n) is 0.643. The normalized spacial score (nSPS) is 12.6. The van der Waals surface area contributed by atoms with Gasteiger partial charge in [0, 0.05) is 12.2 Å². The molecule has 0 fully saturated rings. The molecule has 0 N–H and O–H groups in total. The number of methoxy groups -OCH3 is 1. The number of rotatable bonds is 3. The van der Waals surface area contributed by atoms with Crippen molar-refractivity contribution in [2.75, 3.05) is 7.11 Å². The first-order valence-electron chi connectivity index (χ1n) is 5.09. The largest absolute Gasteiger partial charge is 0.516 e. The van der Waals surface area contributed by atoms with E-state index >= 15 is 0 Å². The summed E-state index contributed by atoms with van der Waals surface area (Å²) >= 11 is 0. The third-order valence-electron chi connectivity index (χ3n) is 2.72. The van der Waals surface area contributed by atoms with Gasteiger partial charge in [-0.05, 0) is 18.1 Å². The molecule has 0 saturated carbocycles. The summed E-state index contributed by atoms with van der Waals surface area (Å²) in [5.41, 5.74) is 0. The Bertz CT molecular complexity index is 300. The first kappa shape index (κ1) is 14.9. The Balaban J connectivity index is 4.47. The molecular weight excluding hydrogens is 224 g/mol. The van der Waals surface area contributed by atoms with Crippen molar-refractivity contribution in [1.82, 2.24) is 0 Å². The average Bonchev–Trinajstić information content (AvgIpc) is 2.11. The van der Waals surface area contributed by atoms with Gasteiger partial charge in [-0.2, -0.15) is 0 Å². The highest BCUT2D eigenvalue weighted by molar-refractivity contribution is 6.75. The third kappa shape index (κ3) is 4.61. The first-order chi connectivity index (χ1) is 7.10. The quantitative estimate of drug-likeness (QED) is 0.434. The minimum Gasteiger partial charge on any atom is -0.516 e. The molecule has 0 heterocycles. The molecule has 0 spiro atoms. The predicted molar refractivity (Wildman–Crippen MR) is 64.4 cm³/mol. The van der Waals surface area contributed by atoms with Crippen molar-refractivity contribution in [1.29, 1.82) is 0 Å². The highest BCUT2D eigenvalue weighted by Gasteiger charge is 2.39. The van der Waals surface area contributed by atoms with Crippen molar-refractivity contribution in [3.8, 4) is 0 Å². The van der Waals surface area contributed by atoms with Crippen LogP contribution in [0.4, 0.5) is 0 Å². The standard InChI is InChI=1S/C11H20O4Si/c1-11(2,3)16(5,6)15-10(13)8-7-9(12)14-4/h7-8H,1-6H3/b8-7+. The number of esters is 1. The monoisotopic (exact) mass is 244 g/mol. The van der Waals surface area contributed by atoms with Crippen molar-refractivity contribution < 1.29 is 18.8 Å². The average molecular weight is 244 g/mol. The summed E-state index contributed by atoms with van der Waals surface area (Å²) in [5, 5.41) is -0.0399. The molecular formula is C11H20O4Si. The van der Waals surface area contributed by atoms with Crippen LogP contribution in [0.3, 0.4) is 0 Å². The predicted octanol–water partition coefficient (Wildman–Crippen LogP) is 2.26. The smallest absolute Gasteiger partial charge is 0.330 e. The van der Waals surface area contributed by atoms with Gasteiger partial charge >= 0.3 is 11.9 Å². The van der Waals surface area contributed by atoms with Gasteiger partial charge in [0.25, 0.3) is 8.32 Å². The van der Waals surface area contributed by atoms with E-state index in [0.717, 1.165) is 12.2 Å². The number of ether oxygens (including phenoxy) is 1. The maximum Gasteiger partial charge on any atom is 0.330 e. The lowest BCUT2D eigenvalue weighted by Gasteiger charge is -2.34. The van der Waals surface area contributed by atoms with Crippen molar-refractivity contribution in [2.45, 2.75) is 38.9 Å². The molecule has 0 atom stereocenters. The van der Waals surface area contributed by atoms with E-state index in [2.05, 4.69) is 4.74 Å². The van der Waals surface area contributed by atoms with E-state index in [9.17, 15) is 9.59 Å². The number of carbonyl (C=O) groups excluding carboxylic acids is 2. The third-order valence-corrected chi connectivity index (χ3v) is 7.04. The molecule has 0 aromatic rings. The van der Waals surface area contributed by atoms with E-state index in [1.165, 1.54) is 7.11 Å². The topological polar surface area (TPSA) is 52.6 Å². The summed E-state index contributed by atoms with van der Waals surface area (Å²) in [6.07, 6.45) is 2.17. The van der Waals surface area contributed by atoms with E-state index in [-0.39, 0.29) is 5.04 Å². The van der Waals surface area contributed by atoms with Crippen molar-refractivity contribution in [3.63, 3.8) is 0 Å². The number of carbonyl (C=O) groups is 2. The highest BCUT2D eigenvalue weighted by atomic mass is 28.4. The summed E-state index contributed by atoms with van der Waals surface area (Å²) in [7, 11) is -0.847. The zero-order chi connectivity index (χ0) is 13.0. The second-order valence-corrected chi connectivity index (χ2v) is 9.76. The van der Waals surface area contributed by atoms with Gasteiger partial charge in [0.15, 0.2) is 0 Å². The lowest BCUT2D eigenvalue weighted by atomic mass is 10.2. The van der Waals surface area contributed by atoms with E-state index in [1.54, 1.807) is 0 Å². The van der Waals surface area contributed by atoms with E-state index in [0.29, 0.717) is 0 Å². The Kier molecular flexibility index (Phi) is 4.93. The minimum atomic E-state index is -2.10. The second kappa shape index (κ2) is 5.29. The zero-order valence-electron chi connectivity index (χ0n) is 10.8. The summed E-state index contributed by atoms with van der Waals surface area (Å²) in [6, 6.07) is 0. The van der Waals surface area contributed by atoms with Crippen molar-refractivity contribution in [2.24, 2.45) is 0 Å². The highest BCUT2D eigenvalue weighted by Crippen LogP contribution is 2.36. The van der Waals surface area contributed by atoms with E-state index < -0.39 is 20.3 Å². The fraction of sp³-hybridized carbons (Fsp3) is 0.636. The molecule has 0 aromatic carbocycles. The van der Waals surface area contributed by atoms with Crippen LogP contribution < -0.4 is 0 Å². The SMILES string of the molecule is COC(=O)/C=C/C(=O)O[Si](C)(C)C(C)(C)C. The van der Waals surface area contributed by atoms with Gasteiger partial charge in [-0.3, -0.25) is 0 Å². The summed E-state index contributed by atoms with van der Waals surface area (Å²) in [4.78, 5) is 22.2. The molecule has 0 saturated heterocycles. The van der Waals surface area contributed by atoms with Crippen LogP contribution in [0.2, 0.25) is 18.1 Å². The molecule has 0 amide bonds. The molecule has 0 rings (SSSR count). The van der Waals surface area contributed by atoms with Crippen LogP contribution in [0.1, 0.15) is 20.8 Å². The Morgan fingerprint density at radius 3 is 1.88 bits per heavy atom. The summed E-state index contributed by atoms with van der Waals surface area (Å²) in [5.74, 6) is -1.05. The van der Waals surface area contributed by atoms with Gasteiger partial charge in [-0.1, -0.05) is 20.8 Å². The Morgan fingerprint density at radius 1 is 1.06 bits per heavy atom. The minimum absolute atomic E-state index is 0.0399. The van der Waals surface area contributed by atoms with Gasteiger partial charge < -0.3 is 9.16 Å². The van der Waals surface area contributed by atoms with Crippen LogP contribution in [0.15, 0.2) is 12.2 Å². The molecule has 5 heteroatoms. The van der Waals surface area contributed by atoms with Crippen LogP contribution >= 0.6 is 0 Å². The van der Waals surface area contributed by atoms with Crippen molar-refractivity contribution >= 4 is 20.3 Å². The van der Waals surface area contributed by atoms with Gasteiger partial charge in [0.2, 0.25) is 0 Å². The number of hydrogen-bond acceptors (Lipinski definition) is 4. The van der Waals surface area contributed by atoms with E-state index in [1.807, 2.05) is 33.9 Å². The van der Waals surface area contributed by atoms with Gasteiger partial charge in [0.1, 0.15) is 0 Å². The lowest BCUT2D eigenvalue weighted by molar-refractivity contribution is -0.136. The zero-order valence-corrected chi connectivity index (χ0v) is 11.8. The van der Waals surface area contributed by atoms with Crippen LogP contribution in [-0.2, 0) is 18.8 Å². The fourth-order valence-corrected chi connectivity index (χ4v) is 1.52. The first-order valence-corrected chi connectivity index (χ1v) is 8.00. The maximum atomic E-state index is 11.4. The van der Waals surface area contributed by atoms with Crippen molar-refractivity contribution in [3.05, 3.63) is 12.2 Å². The molecule has 0 aliphatic rings. The maximum absolute atomic E-state index is 11.4. The van der Waals surface area contributed by atoms with Crippen LogP contribution in [0, 0.1) is 0 Å². The van der Waals surface area contributed by atoms with Gasteiger partial charge in [-0.15, -0.1) is 0 Å². The van der Waals surface area contributed by atoms with Gasteiger partial charge in [0.05, 0.1) is 7.11 Å². The molecule has 0 radical (unpaired) electrons. The van der Waals surface area contributed by atoms with Crippen LogP contribution in [0.5, 0.6) is 0 Å². The van der Waals surface area contributed by atoms with Gasteiger partial charge in [-0.25, -0.2) is 9.59 Å². The second-order valence-electron chi connectivity index (χ2n) is 5.04. The summed E-state index contributed by atoms with van der Waals surface area (Å²) in [6.45, 7) is 10.1. The Labute approximate surface area is 97.8 Å². The molecule has 0 unspecified atom stereocenters. The molecule has 16 heavy (non-hydrogen) atoms. The molecule has 0 aliphatic heterocycles. The van der Waals surface area contributed by atoms with Crippen LogP contribution in [-0.4, -0.2) is 27.4 Å². The lowest BCUT2D eigenvalue weighted by Crippen LogP contribution is -2.42. The Hall–Kier alpha value is -1.10. The molecule has 92 valence electrons. The van der Waals surface area contributed by atoms with Crippen LogP contribution in [0.25, 0.3) is 0 Å². The molecule has 0 bridgehead atoms. The number of hydrogen-bond donors (Lipinski definition) is 0. The van der Waals surface area contributed by atoms with E-state index in [4.69, 9.17) is 4.43 Å².